The number of fused-ring (bicyclic) bond motifs is 1. The maximum absolute atomic E-state index is 5.46. The van der Waals surface area contributed by atoms with E-state index in [2.05, 4.69) is 48.9 Å². The molecule has 0 aromatic heterocycles. The lowest BCUT2D eigenvalue weighted by molar-refractivity contribution is 0.175. The molecule has 0 saturated carbocycles. The molecule has 1 aromatic rings. The minimum absolute atomic E-state index is 0.507. The highest BCUT2D eigenvalue weighted by molar-refractivity contribution is 5.34. The number of benzene rings is 1. The number of nitrogens with zero attached hydrogens (tertiary/aromatic N) is 1. The normalized spacial score (nSPS) is 18.8. The van der Waals surface area contributed by atoms with Crippen molar-refractivity contribution in [3.8, 4) is 12.3 Å². The van der Waals surface area contributed by atoms with Gasteiger partial charge in [0, 0.05) is 12.1 Å². The Morgan fingerprint density at radius 2 is 2.19 bits per heavy atom. The number of terminal acetylenes is 1. The van der Waals surface area contributed by atoms with Crippen LogP contribution in [0.3, 0.4) is 0 Å². The second kappa shape index (κ2) is 4.72. The van der Waals surface area contributed by atoms with Gasteiger partial charge in [-0.1, -0.05) is 30.2 Å². The predicted octanol–water partition coefficient (Wildman–Crippen LogP) is 3.02. The van der Waals surface area contributed by atoms with E-state index >= 15 is 0 Å². The van der Waals surface area contributed by atoms with Crippen LogP contribution < -0.4 is 0 Å². The molecule has 0 aliphatic heterocycles. The van der Waals surface area contributed by atoms with Crippen LogP contribution in [0, 0.1) is 12.3 Å². The lowest BCUT2D eigenvalue weighted by Crippen LogP contribution is -2.34. The second-order valence-electron chi connectivity index (χ2n) is 4.72. The van der Waals surface area contributed by atoms with Gasteiger partial charge in [-0.25, -0.2) is 0 Å². The van der Waals surface area contributed by atoms with Gasteiger partial charge in [-0.3, -0.25) is 4.90 Å². The summed E-state index contributed by atoms with van der Waals surface area (Å²) in [4.78, 5) is 2.42. The average Bonchev–Trinajstić information content (AvgIpc) is 2.69. The van der Waals surface area contributed by atoms with E-state index in [1.54, 1.807) is 0 Å². The molecule has 0 radical (unpaired) electrons. The lowest BCUT2D eigenvalue weighted by atomic mass is 10.1. The molecule has 1 aromatic carbocycles. The van der Waals surface area contributed by atoms with Crippen molar-refractivity contribution in [2.45, 2.75) is 38.8 Å². The first-order valence-corrected chi connectivity index (χ1v) is 6.01. The molecule has 0 N–H and O–H groups in total. The molecule has 1 heteroatoms. The smallest absolute Gasteiger partial charge is 0.0606 e. The Morgan fingerprint density at radius 3 is 2.88 bits per heavy atom. The zero-order valence-corrected chi connectivity index (χ0v) is 10.1. The van der Waals surface area contributed by atoms with Crippen LogP contribution in [0.15, 0.2) is 24.3 Å². The third kappa shape index (κ3) is 1.99. The quantitative estimate of drug-likeness (QED) is 0.698. The summed E-state index contributed by atoms with van der Waals surface area (Å²) in [6.45, 7) is 5.19. The summed E-state index contributed by atoms with van der Waals surface area (Å²) in [7, 11) is 0. The van der Waals surface area contributed by atoms with Crippen LogP contribution in [0.1, 0.15) is 37.4 Å². The van der Waals surface area contributed by atoms with Gasteiger partial charge in [-0.2, -0.15) is 0 Å². The van der Waals surface area contributed by atoms with E-state index in [9.17, 15) is 0 Å². The fourth-order valence-electron chi connectivity index (χ4n) is 2.64. The summed E-state index contributed by atoms with van der Waals surface area (Å²) >= 11 is 0. The number of rotatable bonds is 3. The number of hydrogen-bond donors (Lipinski definition) is 0. The molecule has 1 atom stereocenters. The van der Waals surface area contributed by atoms with Crippen molar-refractivity contribution in [2.24, 2.45) is 0 Å². The molecule has 2 rings (SSSR count). The summed E-state index contributed by atoms with van der Waals surface area (Å²) < 4.78 is 0. The van der Waals surface area contributed by atoms with Crippen LogP contribution >= 0.6 is 0 Å². The standard InChI is InChI=1S/C15H19N/c1-4-11-16(12(2)3)15-10-9-13-7-5-6-8-14(13)15/h1,5-8,12,15H,9-11H2,2-3H3/t15-/m1/s1. The molecular weight excluding hydrogens is 194 g/mol. The van der Waals surface area contributed by atoms with Gasteiger partial charge in [-0.15, -0.1) is 6.42 Å². The van der Waals surface area contributed by atoms with Crippen LogP contribution in [0.4, 0.5) is 0 Å². The van der Waals surface area contributed by atoms with Crippen LogP contribution in [0.25, 0.3) is 0 Å². The van der Waals surface area contributed by atoms with E-state index in [0.717, 1.165) is 6.54 Å². The first kappa shape index (κ1) is 11.2. The number of hydrogen-bond acceptors (Lipinski definition) is 1. The van der Waals surface area contributed by atoms with Crippen LogP contribution in [-0.4, -0.2) is 17.5 Å². The van der Waals surface area contributed by atoms with E-state index in [0.29, 0.717) is 12.1 Å². The predicted molar refractivity (Wildman–Crippen MR) is 68.2 cm³/mol. The highest BCUT2D eigenvalue weighted by Crippen LogP contribution is 2.36. The number of aryl methyl sites for hydroxylation is 1. The Bertz CT molecular complexity index is 400. The van der Waals surface area contributed by atoms with E-state index in [4.69, 9.17) is 6.42 Å². The first-order valence-electron chi connectivity index (χ1n) is 6.01. The minimum Gasteiger partial charge on any atom is -0.283 e. The van der Waals surface area contributed by atoms with Crippen molar-refractivity contribution < 1.29 is 0 Å². The van der Waals surface area contributed by atoms with Crippen molar-refractivity contribution in [1.82, 2.24) is 4.90 Å². The molecule has 1 aliphatic carbocycles. The third-order valence-corrected chi connectivity index (χ3v) is 3.44. The fraction of sp³-hybridized carbons (Fsp3) is 0.467. The van der Waals surface area contributed by atoms with Crippen molar-refractivity contribution in [3.63, 3.8) is 0 Å². The van der Waals surface area contributed by atoms with E-state index in [-0.39, 0.29) is 0 Å². The molecule has 84 valence electrons. The Labute approximate surface area is 98.5 Å². The van der Waals surface area contributed by atoms with Crippen molar-refractivity contribution in [3.05, 3.63) is 35.4 Å². The Kier molecular flexibility index (Phi) is 3.31. The molecule has 0 heterocycles. The van der Waals surface area contributed by atoms with E-state index in [1.807, 2.05) is 0 Å². The molecule has 0 bridgehead atoms. The van der Waals surface area contributed by atoms with Gasteiger partial charge in [0.2, 0.25) is 0 Å². The van der Waals surface area contributed by atoms with Gasteiger partial charge >= 0.3 is 0 Å². The maximum Gasteiger partial charge on any atom is 0.0606 e. The van der Waals surface area contributed by atoms with Gasteiger partial charge in [0.1, 0.15) is 0 Å². The first-order chi connectivity index (χ1) is 7.74. The summed E-state index contributed by atoms with van der Waals surface area (Å²) in [5, 5.41) is 0. The fourth-order valence-corrected chi connectivity index (χ4v) is 2.64. The molecule has 0 fully saturated rings. The highest BCUT2D eigenvalue weighted by Gasteiger charge is 2.28. The summed E-state index contributed by atoms with van der Waals surface area (Å²) in [5.41, 5.74) is 2.97. The minimum atomic E-state index is 0.507. The van der Waals surface area contributed by atoms with Crippen molar-refractivity contribution in [2.75, 3.05) is 6.54 Å². The average molecular weight is 213 g/mol. The van der Waals surface area contributed by atoms with Crippen molar-refractivity contribution in [1.29, 1.82) is 0 Å². The molecule has 16 heavy (non-hydrogen) atoms. The highest BCUT2D eigenvalue weighted by atomic mass is 15.2. The van der Waals surface area contributed by atoms with Gasteiger partial charge in [-0.05, 0) is 37.8 Å². The van der Waals surface area contributed by atoms with Gasteiger partial charge in [0.05, 0.1) is 6.54 Å². The zero-order valence-electron chi connectivity index (χ0n) is 10.1. The summed E-state index contributed by atoms with van der Waals surface area (Å²) in [6.07, 6.45) is 7.86. The third-order valence-electron chi connectivity index (χ3n) is 3.44. The van der Waals surface area contributed by atoms with E-state index in [1.165, 1.54) is 24.0 Å². The van der Waals surface area contributed by atoms with Crippen LogP contribution in [0.2, 0.25) is 0 Å². The molecule has 1 nitrogen and oxygen atoms in total. The molecule has 0 saturated heterocycles. The van der Waals surface area contributed by atoms with E-state index < -0.39 is 0 Å². The Morgan fingerprint density at radius 1 is 1.44 bits per heavy atom. The molecule has 0 unspecified atom stereocenters. The lowest BCUT2D eigenvalue weighted by Gasteiger charge is -2.31. The molecule has 1 aliphatic rings. The van der Waals surface area contributed by atoms with Gasteiger partial charge in [0.25, 0.3) is 0 Å². The van der Waals surface area contributed by atoms with Gasteiger partial charge < -0.3 is 0 Å². The molecular formula is C15H19N. The Balaban J connectivity index is 2.26. The largest absolute Gasteiger partial charge is 0.283 e. The maximum atomic E-state index is 5.46. The van der Waals surface area contributed by atoms with Gasteiger partial charge in [0.15, 0.2) is 0 Å². The van der Waals surface area contributed by atoms with Crippen molar-refractivity contribution >= 4 is 0 Å². The van der Waals surface area contributed by atoms with Crippen LogP contribution in [0.5, 0.6) is 0 Å². The SMILES string of the molecule is C#CCN(C(C)C)[C@@H]1CCc2ccccc21. The Hall–Kier alpha value is -1.26. The zero-order chi connectivity index (χ0) is 11.5. The molecule has 0 spiro atoms. The second-order valence-corrected chi connectivity index (χ2v) is 4.72. The molecule has 0 amide bonds. The monoisotopic (exact) mass is 213 g/mol. The summed E-state index contributed by atoms with van der Waals surface area (Å²) in [6, 6.07) is 9.77. The topological polar surface area (TPSA) is 3.24 Å². The van der Waals surface area contributed by atoms with Crippen LogP contribution in [-0.2, 0) is 6.42 Å². The summed E-state index contributed by atoms with van der Waals surface area (Å²) in [5.74, 6) is 2.78.